The zero-order valence-electron chi connectivity index (χ0n) is 17.5. The van der Waals surface area contributed by atoms with E-state index in [9.17, 15) is 4.79 Å². The molecule has 4 rings (SSSR count). The van der Waals surface area contributed by atoms with Crippen LogP contribution in [-0.4, -0.2) is 27.6 Å². The van der Waals surface area contributed by atoms with Crippen LogP contribution in [0, 0.1) is 5.92 Å². The lowest BCUT2D eigenvalue weighted by molar-refractivity contribution is 0.0601. The number of carbonyl (C=O) groups is 1. The predicted octanol–water partition coefficient (Wildman–Crippen LogP) is 5.98. The van der Waals surface area contributed by atoms with E-state index in [0.29, 0.717) is 11.5 Å². The number of rotatable bonds is 7. The zero-order valence-corrected chi connectivity index (χ0v) is 18.3. The van der Waals surface area contributed by atoms with Crippen molar-refractivity contribution in [1.82, 2.24) is 14.5 Å². The van der Waals surface area contributed by atoms with E-state index in [0.717, 1.165) is 23.3 Å². The van der Waals surface area contributed by atoms with Crippen LogP contribution in [0.4, 0.5) is 0 Å². The standard InChI is InChI=1S/C24H26N3O2S/c1-4-17(5-2)23(27-13-12-25-15-27)19-8-11-21-22(14-19)30(16-26-21)20-9-6-18(7-10-20)24(28)29-3/h6-17,23H,4-5H2,1-3H3/q+1. The highest BCUT2D eigenvalue weighted by atomic mass is 32.2. The fraction of sp³-hybridized carbons (Fsp3) is 0.292. The monoisotopic (exact) mass is 420 g/mol. The van der Waals surface area contributed by atoms with Gasteiger partial charge in [0.2, 0.25) is 10.2 Å². The van der Waals surface area contributed by atoms with Gasteiger partial charge in [-0.2, -0.15) is 4.98 Å². The third-order valence-electron chi connectivity index (χ3n) is 5.73. The highest BCUT2D eigenvalue weighted by Crippen LogP contribution is 2.41. The van der Waals surface area contributed by atoms with E-state index in [1.165, 1.54) is 17.4 Å². The molecule has 4 aromatic rings. The average Bonchev–Trinajstić information content (AvgIpc) is 3.46. The Kier molecular flexibility index (Phi) is 5.95. The first-order valence-corrected chi connectivity index (χ1v) is 11.5. The summed E-state index contributed by atoms with van der Waals surface area (Å²) in [6, 6.07) is 14.5. The molecule has 0 spiro atoms. The predicted molar refractivity (Wildman–Crippen MR) is 121 cm³/mol. The molecule has 5 nitrogen and oxygen atoms in total. The van der Waals surface area contributed by atoms with Gasteiger partial charge in [-0.15, -0.1) is 0 Å². The maximum atomic E-state index is 11.7. The second-order valence-corrected chi connectivity index (χ2v) is 9.14. The molecule has 30 heavy (non-hydrogen) atoms. The van der Waals surface area contributed by atoms with E-state index in [4.69, 9.17) is 4.74 Å². The number of ether oxygens (including phenoxy) is 1. The Hall–Kier alpha value is -2.99. The molecule has 0 aliphatic rings. The molecule has 0 bridgehead atoms. The van der Waals surface area contributed by atoms with Crippen molar-refractivity contribution in [3.05, 3.63) is 77.8 Å². The van der Waals surface area contributed by atoms with Crippen molar-refractivity contribution in [2.45, 2.75) is 32.7 Å². The van der Waals surface area contributed by atoms with Crippen molar-refractivity contribution in [1.29, 1.82) is 0 Å². The number of thiazole rings is 1. The Balaban J connectivity index is 1.78. The smallest absolute Gasteiger partial charge is 0.337 e. The van der Waals surface area contributed by atoms with Gasteiger partial charge in [0, 0.05) is 28.9 Å². The van der Waals surface area contributed by atoms with Gasteiger partial charge in [0.25, 0.3) is 0 Å². The molecule has 0 radical (unpaired) electrons. The van der Waals surface area contributed by atoms with E-state index in [1.807, 2.05) is 42.3 Å². The highest BCUT2D eigenvalue weighted by molar-refractivity contribution is 7.43. The van der Waals surface area contributed by atoms with E-state index < -0.39 is 0 Å². The quantitative estimate of drug-likeness (QED) is 0.272. The molecule has 0 aliphatic carbocycles. The third-order valence-corrected chi connectivity index (χ3v) is 7.63. The van der Waals surface area contributed by atoms with Gasteiger partial charge in [0.15, 0.2) is 4.90 Å². The highest BCUT2D eigenvalue weighted by Gasteiger charge is 2.25. The van der Waals surface area contributed by atoms with E-state index in [-0.39, 0.29) is 22.5 Å². The number of hydrogen-bond donors (Lipinski definition) is 0. The van der Waals surface area contributed by atoms with Crippen molar-refractivity contribution < 1.29 is 9.53 Å². The van der Waals surface area contributed by atoms with Crippen molar-refractivity contribution in [2.24, 2.45) is 5.92 Å². The van der Waals surface area contributed by atoms with Crippen molar-refractivity contribution >= 4 is 26.7 Å². The Morgan fingerprint density at radius 1 is 1.13 bits per heavy atom. The van der Waals surface area contributed by atoms with Crippen molar-refractivity contribution in [2.75, 3.05) is 7.11 Å². The van der Waals surface area contributed by atoms with Gasteiger partial charge in [-0.3, -0.25) is 0 Å². The van der Waals surface area contributed by atoms with Crippen LogP contribution in [0.5, 0.6) is 0 Å². The summed E-state index contributed by atoms with van der Waals surface area (Å²) in [5.74, 6) is 0.210. The summed E-state index contributed by atoms with van der Waals surface area (Å²) in [6.45, 7) is 4.50. The molecule has 154 valence electrons. The largest absolute Gasteiger partial charge is 0.465 e. The number of aromatic nitrogens is 3. The summed E-state index contributed by atoms with van der Waals surface area (Å²) in [7, 11) is 1.15. The van der Waals surface area contributed by atoms with E-state index >= 15 is 0 Å². The molecular formula is C24H26N3O2S+. The number of hydrogen-bond acceptors (Lipinski definition) is 4. The lowest BCUT2D eigenvalue weighted by Gasteiger charge is -2.27. The second-order valence-electron chi connectivity index (χ2n) is 7.35. The maximum Gasteiger partial charge on any atom is 0.337 e. The van der Waals surface area contributed by atoms with Crippen LogP contribution in [0.15, 0.2) is 66.7 Å². The summed E-state index contributed by atoms with van der Waals surface area (Å²) < 4.78 is 8.26. The Morgan fingerprint density at radius 3 is 2.53 bits per heavy atom. The number of esters is 1. The first-order chi connectivity index (χ1) is 14.7. The summed E-state index contributed by atoms with van der Waals surface area (Å²) >= 11 is 0. The van der Waals surface area contributed by atoms with Gasteiger partial charge in [-0.05, 0) is 41.8 Å². The molecule has 0 saturated carbocycles. The summed E-state index contributed by atoms with van der Waals surface area (Å²) in [6.07, 6.45) is 8.02. The molecular weight excluding hydrogens is 394 g/mol. The van der Waals surface area contributed by atoms with Crippen molar-refractivity contribution in [3.8, 4) is 4.90 Å². The first-order valence-electron chi connectivity index (χ1n) is 10.2. The Labute approximate surface area is 179 Å². The maximum absolute atomic E-state index is 11.7. The SMILES string of the molecule is CCC(CC)C(c1ccc2nc[s+](-c3ccc(C(=O)OC)cc3)c2c1)n1ccnc1. The van der Waals surface area contributed by atoms with E-state index in [2.05, 4.69) is 52.8 Å². The fourth-order valence-electron chi connectivity index (χ4n) is 4.06. The normalized spacial score (nSPS) is 13.0. The van der Waals surface area contributed by atoms with Crippen LogP contribution in [0.3, 0.4) is 0 Å². The topological polar surface area (TPSA) is 57.0 Å². The molecule has 0 N–H and O–H groups in total. The van der Waals surface area contributed by atoms with Gasteiger partial charge in [0.1, 0.15) is 5.52 Å². The Bertz CT molecular complexity index is 1130. The molecule has 0 fully saturated rings. The lowest BCUT2D eigenvalue weighted by Crippen LogP contribution is -2.19. The molecule has 2 heterocycles. The fourth-order valence-corrected chi connectivity index (χ4v) is 5.81. The molecule has 0 amide bonds. The van der Waals surface area contributed by atoms with Crippen molar-refractivity contribution in [3.63, 3.8) is 0 Å². The molecule has 2 unspecified atom stereocenters. The Morgan fingerprint density at radius 2 is 1.90 bits per heavy atom. The number of methoxy groups -OCH3 is 1. The van der Waals surface area contributed by atoms with E-state index in [1.54, 1.807) is 0 Å². The number of imidazole rings is 1. The minimum atomic E-state index is -0.319. The number of fused-ring (bicyclic) bond motifs is 1. The van der Waals surface area contributed by atoms with Gasteiger partial charge >= 0.3 is 5.97 Å². The van der Waals surface area contributed by atoms with Crippen LogP contribution < -0.4 is 0 Å². The zero-order chi connectivity index (χ0) is 21.1. The summed E-state index contributed by atoms with van der Waals surface area (Å²) in [5.41, 5.74) is 4.89. The van der Waals surface area contributed by atoms with Gasteiger partial charge in [-0.25, -0.2) is 9.78 Å². The van der Waals surface area contributed by atoms with Crippen LogP contribution >= 0.6 is 10.5 Å². The van der Waals surface area contributed by atoms with Crippen LogP contribution in [0.1, 0.15) is 48.7 Å². The average molecular weight is 421 g/mol. The van der Waals surface area contributed by atoms with Gasteiger partial charge < -0.3 is 9.30 Å². The number of nitrogens with zero attached hydrogens (tertiary/aromatic N) is 3. The minimum Gasteiger partial charge on any atom is -0.465 e. The van der Waals surface area contributed by atoms with Crippen LogP contribution in [0.25, 0.3) is 15.1 Å². The van der Waals surface area contributed by atoms with Gasteiger partial charge in [-0.1, -0.05) is 32.8 Å². The molecule has 2 aromatic carbocycles. The van der Waals surface area contributed by atoms with Crippen LogP contribution in [-0.2, 0) is 4.74 Å². The summed E-state index contributed by atoms with van der Waals surface area (Å²) in [4.78, 5) is 21.8. The molecule has 0 saturated heterocycles. The lowest BCUT2D eigenvalue weighted by atomic mass is 9.88. The molecule has 0 aliphatic heterocycles. The number of carbonyl (C=O) groups excluding carboxylic acids is 1. The number of benzene rings is 2. The molecule has 2 aromatic heterocycles. The minimum absolute atomic E-state index is 0.248. The molecule has 2 atom stereocenters. The summed E-state index contributed by atoms with van der Waals surface area (Å²) in [5, 5.41) is 0. The molecule has 6 heteroatoms. The van der Waals surface area contributed by atoms with Crippen LogP contribution in [0.2, 0.25) is 0 Å². The first kappa shape index (κ1) is 20.3. The second kappa shape index (κ2) is 8.79. The van der Waals surface area contributed by atoms with Gasteiger partial charge in [0.05, 0.1) is 25.0 Å². The third kappa shape index (κ3) is 3.75.